The molecule has 0 radical (unpaired) electrons. The molecule has 86 valence electrons. The van der Waals surface area contributed by atoms with E-state index >= 15 is 0 Å². The first kappa shape index (κ1) is 11.7. The Bertz CT molecular complexity index is 405. The Morgan fingerprint density at radius 1 is 1.38 bits per heavy atom. The fraction of sp³-hybridized carbons (Fsp3) is 0.364. The van der Waals surface area contributed by atoms with Crippen molar-refractivity contribution < 1.29 is 4.79 Å². The van der Waals surface area contributed by atoms with Crippen LogP contribution in [0.15, 0.2) is 22.7 Å². The number of hydrogen-bond acceptors (Lipinski definition) is 1. The molecular weight excluding hydrogens is 291 g/mol. The van der Waals surface area contributed by atoms with Gasteiger partial charge < -0.3 is 10.2 Å². The topological polar surface area (TPSA) is 32.3 Å². The second kappa shape index (κ2) is 5.06. The quantitative estimate of drug-likeness (QED) is 0.842. The minimum absolute atomic E-state index is 0.0455. The number of carbonyl (C=O) groups excluding carboxylic acids is 1. The number of carbonyl (C=O) groups is 1. The predicted octanol–water partition coefficient (Wildman–Crippen LogP) is 3.73. The van der Waals surface area contributed by atoms with Crippen LogP contribution in [0.1, 0.15) is 12.8 Å². The first-order valence-corrected chi connectivity index (χ1v) is 6.35. The van der Waals surface area contributed by atoms with E-state index in [0.717, 1.165) is 36.1 Å². The summed E-state index contributed by atoms with van der Waals surface area (Å²) in [4.78, 5) is 13.6. The SMILES string of the molecule is O=C(Nc1ccc(Br)c(Cl)c1)N1CCCC1. The van der Waals surface area contributed by atoms with Crippen LogP contribution in [0, 0.1) is 0 Å². The van der Waals surface area contributed by atoms with Crippen molar-refractivity contribution in [3.63, 3.8) is 0 Å². The van der Waals surface area contributed by atoms with Crippen LogP contribution in [0.5, 0.6) is 0 Å². The smallest absolute Gasteiger partial charge is 0.321 e. The summed E-state index contributed by atoms with van der Waals surface area (Å²) in [6.45, 7) is 1.69. The Kier molecular flexibility index (Phi) is 3.71. The van der Waals surface area contributed by atoms with Crippen molar-refractivity contribution in [1.82, 2.24) is 4.90 Å². The fourth-order valence-corrected chi connectivity index (χ4v) is 2.12. The van der Waals surface area contributed by atoms with Crippen LogP contribution in [0.2, 0.25) is 5.02 Å². The average molecular weight is 304 g/mol. The van der Waals surface area contributed by atoms with Gasteiger partial charge in [0.2, 0.25) is 0 Å². The highest BCUT2D eigenvalue weighted by Crippen LogP contribution is 2.25. The second-order valence-corrected chi connectivity index (χ2v) is 5.01. The maximum atomic E-state index is 11.8. The molecule has 0 spiro atoms. The number of nitrogens with one attached hydrogen (secondary N) is 1. The molecule has 0 bridgehead atoms. The lowest BCUT2D eigenvalue weighted by atomic mass is 10.3. The number of amides is 2. The zero-order valence-electron chi connectivity index (χ0n) is 8.67. The lowest BCUT2D eigenvalue weighted by Gasteiger charge is -2.16. The van der Waals surface area contributed by atoms with Gasteiger partial charge in [0.25, 0.3) is 0 Å². The minimum atomic E-state index is -0.0455. The van der Waals surface area contributed by atoms with Gasteiger partial charge in [-0.15, -0.1) is 0 Å². The summed E-state index contributed by atoms with van der Waals surface area (Å²) in [5.74, 6) is 0. The second-order valence-electron chi connectivity index (χ2n) is 3.75. The molecule has 16 heavy (non-hydrogen) atoms. The third kappa shape index (κ3) is 2.68. The summed E-state index contributed by atoms with van der Waals surface area (Å²) >= 11 is 9.25. The summed E-state index contributed by atoms with van der Waals surface area (Å²) < 4.78 is 0.827. The van der Waals surface area contributed by atoms with Crippen LogP contribution in [0.25, 0.3) is 0 Å². The number of nitrogens with zero attached hydrogens (tertiary/aromatic N) is 1. The Hall–Kier alpha value is -0.740. The first-order chi connectivity index (χ1) is 7.66. The van der Waals surface area contributed by atoms with Gasteiger partial charge in [-0.1, -0.05) is 11.6 Å². The number of anilines is 1. The molecule has 1 aliphatic rings. The first-order valence-electron chi connectivity index (χ1n) is 5.18. The van der Waals surface area contributed by atoms with E-state index in [9.17, 15) is 4.79 Å². The molecule has 0 aromatic heterocycles. The highest BCUT2D eigenvalue weighted by molar-refractivity contribution is 9.10. The molecule has 1 saturated heterocycles. The lowest BCUT2D eigenvalue weighted by molar-refractivity contribution is 0.222. The molecule has 0 saturated carbocycles. The van der Waals surface area contributed by atoms with Crippen molar-refractivity contribution in [2.24, 2.45) is 0 Å². The van der Waals surface area contributed by atoms with Gasteiger partial charge >= 0.3 is 6.03 Å². The summed E-state index contributed by atoms with van der Waals surface area (Å²) in [6, 6.07) is 5.33. The number of halogens is 2. The Morgan fingerprint density at radius 3 is 2.69 bits per heavy atom. The van der Waals surface area contributed by atoms with Crippen LogP contribution in [0.4, 0.5) is 10.5 Å². The van der Waals surface area contributed by atoms with Gasteiger partial charge in [-0.3, -0.25) is 0 Å². The fourth-order valence-electron chi connectivity index (χ4n) is 1.70. The van der Waals surface area contributed by atoms with Crippen LogP contribution in [-0.2, 0) is 0 Å². The Balaban J connectivity index is 2.02. The standard InChI is InChI=1S/C11H12BrClN2O/c12-9-4-3-8(7-10(9)13)14-11(16)15-5-1-2-6-15/h3-4,7H,1-2,5-6H2,(H,14,16). The van der Waals surface area contributed by atoms with E-state index in [1.807, 2.05) is 17.0 Å². The molecule has 3 nitrogen and oxygen atoms in total. The van der Waals surface area contributed by atoms with Crippen molar-refractivity contribution in [1.29, 1.82) is 0 Å². The Labute approximate surface area is 108 Å². The monoisotopic (exact) mass is 302 g/mol. The molecule has 0 atom stereocenters. The summed E-state index contributed by atoms with van der Waals surface area (Å²) in [5.41, 5.74) is 0.727. The summed E-state index contributed by atoms with van der Waals surface area (Å²) in [7, 11) is 0. The molecule has 5 heteroatoms. The van der Waals surface area contributed by atoms with Crippen molar-refractivity contribution in [3.05, 3.63) is 27.7 Å². The average Bonchev–Trinajstić information content (AvgIpc) is 2.77. The van der Waals surface area contributed by atoms with Gasteiger partial charge in [-0.05, 0) is 47.0 Å². The third-order valence-electron chi connectivity index (χ3n) is 2.56. The molecule has 1 heterocycles. The molecule has 1 aromatic rings. The number of rotatable bonds is 1. The van der Waals surface area contributed by atoms with Crippen molar-refractivity contribution in [2.45, 2.75) is 12.8 Å². The van der Waals surface area contributed by atoms with Gasteiger partial charge in [0, 0.05) is 23.2 Å². The van der Waals surface area contributed by atoms with Crippen LogP contribution in [0.3, 0.4) is 0 Å². The molecular formula is C11H12BrClN2O. The Morgan fingerprint density at radius 2 is 2.06 bits per heavy atom. The summed E-state index contributed by atoms with van der Waals surface area (Å²) in [5, 5.41) is 3.43. The van der Waals surface area contributed by atoms with E-state index in [2.05, 4.69) is 21.2 Å². The van der Waals surface area contributed by atoms with Gasteiger partial charge in [0.05, 0.1) is 5.02 Å². The maximum absolute atomic E-state index is 11.8. The minimum Gasteiger partial charge on any atom is -0.325 e. The maximum Gasteiger partial charge on any atom is 0.321 e. The molecule has 1 fully saturated rings. The van der Waals surface area contributed by atoms with E-state index in [1.165, 1.54) is 0 Å². The van der Waals surface area contributed by atoms with E-state index in [0.29, 0.717) is 5.02 Å². The van der Waals surface area contributed by atoms with E-state index in [-0.39, 0.29) is 6.03 Å². The molecule has 2 amide bonds. The van der Waals surface area contributed by atoms with Crippen LogP contribution in [-0.4, -0.2) is 24.0 Å². The summed E-state index contributed by atoms with van der Waals surface area (Å²) in [6.07, 6.45) is 2.18. The van der Waals surface area contributed by atoms with E-state index in [1.54, 1.807) is 6.07 Å². The van der Waals surface area contributed by atoms with Crippen molar-refractivity contribution in [2.75, 3.05) is 18.4 Å². The third-order valence-corrected chi connectivity index (χ3v) is 3.80. The molecule has 1 N–H and O–H groups in total. The van der Waals surface area contributed by atoms with Crippen molar-refractivity contribution >= 4 is 39.2 Å². The number of hydrogen-bond donors (Lipinski definition) is 1. The largest absolute Gasteiger partial charge is 0.325 e. The number of benzene rings is 1. The molecule has 0 aliphatic carbocycles. The van der Waals surface area contributed by atoms with E-state index in [4.69, 9.17) is 11.6 Å². The molecule has 1 aliphatic heterocycles. The van der Waals surface area contributed by atoms with Gasteiger partial charge in [0.15, 0.2) is 0 Å². The van der Waals surface area contributed by atoms with Crippen molar-refractivity contribution in [3.8, 4) is 0 Å². The normalized spacial score (nSPS) is 15.2. The van der Waals surface area contributed by atoms with E-state index < -0.39 is 0 Å². The lowest BCUT2D eigenvalue weighted by Crippen LogP contribution is -2.32. The van der Waals surface area contributed by atoms with Gasteiger partial charge in [-0.2, -0.15) is 0 Å². The van der Waals surface area contributed by atoms with Gasteiger partial charge in [0.1, 0.15) is 0 Å². The molecule has 0 unspecified atom stereocenters. The zero-order chi connectivity index (χ0) is 11.5. The zero-order valence-corrected chi connectivity index (χ0v) is 11.0. The number of likely N-dealkylation sites (tertiary alicyclic amines) is 1. The number of urea groups is 1. The van der Waals surface area contributed by atoms with Crippen LogP contribution >= 0.6 is 27.5 Å². The van der Waals surface area contributed by atoms with Crippen LogP contribution < -0.4 is 5.32 Å². The highest BCUT2D eigenvalue weighted by atomic mass is 79.9. The molecule has 2 rings (SSSR count). The highest BCUT2D eigenvalue weighted by Gasteiger charge is 2.17. The van der Waals surface area contributed by atoms with Gasteiger partial charge in [-0.25, -0.2) is 4.79 Å². The predicted molar refractivity (Wildman–Crippen MR) is 69.0 cm³/mol. The molecule has 1 aromatic carbocycles.